The normalized spacial score (nSPS) is 25.8. The Hall–Kier alpha value is -1.95. The molecule has 0 radical (unpaired) electrons. The Morgan fingerprint density at radius 3 is 2.34 bits per heavy atom. The van der Waals surface area contributed by atoms with Crippen molar-refractivity contribution in [2.24, 2.45) is 0 Å². The third kappa shape index (κ3) is 5.69. The number of ether oxygens (including phenoxy) is 2. The molecule has 32 heavy (non-hydrogen) atoms. The van der Waals surface area contributed by atoms with E-state index in [4.69, 9.17) is 21.1 Å². The first-order chi connectivity index (χ1) is 15.1. The molecule has 2 aromatic carbocycles. The first-order valence-electron chi connectivity index (χ1n) is 10.4. The zero-order chi connectivity index (χ0) is 23.5. The molecule has 1 heterocycles. The van der Waals surface area contributed by atoms with E-state index < -0.39 is 42.7 Å². The van der Waals surface area contributed by atoms with Gasteiger partial charge in [0, 0.05) is 17.7 Å². The molecule has 1 aliphatic heterocycles. The Kier molecular flexibility index (Phi) is 7.97. The smallest absolute Gasteiger partial charge is 0.123 e. The molecule has 3 rings (SSSR count). The van der Waals surface area contributed by atoms with E-state index in [1.807, 2.05) is 44.2 Å². The summed E-state index contributed by atoms with van der Waals surface area (Å²) in [6, 6.07) is 13.0. The predicted octanol–water partition coefficient (Wildman–Crippen LogP) is 2.22. The van der Waals surface area contributed by atoms with Gasteiger partial charge in [0.25, 0.3) is 0 Å². The highest BCUT2D eigenvalue weighted by molar-refractivity contribution is 6.31. The summed E-state index contributed by atoms with van der Waals surface area (Å²) in [4.78, 5) is 0. The molecular formula is C25H29ClO6. The fourth-order valence-electron chi connectivity index (χ4n) is 3.48. The third-order valence-electron chi connectivity index (χ3n) is 5.66. The van der Waals surface area contributed by atoms with Crippen molar-refractivity contribution in [3.8, 4) is 11.8 Å². The molecule has 0 bridgehead atoms. The topological polar surface area (TPSA) is 99.4 Å². The van der Waals surface area contributed by atoms with Gasteiger partial charge < -0.3 is 29.9 Å². The Labute approximate surface area is 193 Å². The SMILES string of the molecule is COC(C)(C)C#Cc1ccc(Cc2cc([C@@H]3OC(CO)[C@@H](O)[C@H](O)[C@H]3O)ccc2Cl)cc1. The number of methoxy groups -OCH3 is 1. The Balaban J connectivity index is 1.79. The highest BCUT2D eigenvalue weighted by Crippen LogP contribution is 2.34. The van der Waals surface area contributed by atoms with Gasteiger partial charge >= 0.3 is 0 Å². The first-order valence-corrected chi connectivity index (χ1v) is 10.8. The largest absolute Gasteiger partial charge is 0.394 e. The van der Waals surface area contributed by atoms with Crippen LogP contribution in [-0.4, -0.2) is 64.2 Å². The number of benzene rings is 2. The van der Waals surface area contributed by atoms with Crippen LogP contribution in [0.2, 0.25) is 5.02 Å². The van der Waals surface area contributed by atoms with E-state index >= 15 is 0 Å². The molecule has 172 valence electrons. The van der Waals surface area contributed by atoms with E-state index in [9.17, 15) is 20.4 Å². The second-order valence-corrected chi connectivity index (χ2v) is 8.85. The first kappa shape index (κ1) is 24.7. The van der Waals surface area contributed by atoms with Gasteiger partial charge in [0.05, 0.1) is 6.61 Å². The molecule has 1 fully saturated rings. The van der Waals surface area contributed by atoms with Crippen molar-refractivity contribution in [2.45, 2.75) is 56.4 Å². The lowest BCUT2D eigenvalue weighted by atomic mass is 9.90. The van der Waals surface area contributed by atoms with E-state index in [2.05, 4.69) is 11.8 Å². The lowest BCUT2D eigenvalue weighted by molar-refractivity contribution is -0.231. The maximum atomic E-state index is 10.4. The maximum Gasteiger partial charge on any atom is 0.123 e. The van der Waals surface area contributed by atoms with Crippen LogP contribution in [-0.2, 0) is 15.9 Å². The van der Waals surface area contributed by atoms with E-state index in [0.29, 0.717) is 17.0 Å². The predicted molar refractivity (Wildman–Crippen MR) is 121 cm³/mol. The minimum absolute atomic E-state index is 0.474. The van der Waals surface area contributed by atoms with Crippen molar-refractivity contribution in [2.75, 3.05) is 13.7 Å². The fraction of sp³-hybridized carbons (Fsp3) is 0.440. The number of hydrogen-bond acceptors (Lipinski definition) is 6. The molecule has 4 N–H and O–H groups in total. The van der Waals surface area contributed by atoms with Crippen LogP contribution < -0.4 is 0 Å². The van der Waals surface area contributed by atoms with Crippen LogP contribution in [0, 0.1) is 11.8 Å². The van der Waals surface area contributed by atoms with Crippen LogP contribution >= 0.6 is 11.6 Å². The Morgan fingerprint density at radius 2 is 1.72 bits per heavy atom. The molecular weight excluding hydrogens is 432 g/mol. The molecule has 5 atom stereocenters. The van der Waals surface area contributed by atoms with Crippen molar-refractivity contribution in [1.82, 2.24) is 0 Å². The van der Waals surface area contributed by atoms with Gasteiger partial charge in [0.1, 0.15) is 36.1 Å². The van der Waals surface area contributed by atoms with E-state index in [1.54, 1.807) is 19.2 Å². The van der Waals surface area contributed by atoms with Crippen molar-refractivity contribution in [1.29, 1.82) is 0 Å². The molecule has 0 amide bonds. The number of aliphatic hydroxyl groups is 4. The van der Waals surface area contributed by atoms with Gasteiger partial charge in [-0.05, 0) is 55.2 Å². The summed E-state index contributed by atoms with van der Waals surface area (Å²) in [6.45, 7) is 3.33. The lowest BCUT2D eigenvalue weighted by Gasteiger charge is -2.40. The summed E-state index contributed by atoms with van der Waals surface area (Å²) < 4.78 is 11.0. The second kappa shape index (κ2) is 10.3. The van der Waals surface area contributed by atoms with Crippen molar-refractivity contribution in [3.05, 3.63) is 69.7 Å². The number of halogens is 1. The minimum atomic E-state index is -1.43. The van der Waals surface area contributed by atoms with Gasteiger partial charge in [0.2, 0.25) is 0 Å². The minimum Gasteiger partial charge on any atom is -0.394 e. The standard InChI is InChI=1S/C25H29ClO6/c1-25(2,31-3)11-10-15-4-6-16(7-5-15)12-18-13-17(8-9-19(18)26)24-23(30)22(29)21(28)20(14-27)32-24/h4-9,13,20-24,27-30H,12,14H2,1-3H3/t20?,21-,22+,23-,24+/m1/s1. The maximum absolute atomic E-state index is 10.4. The van der Waals surface area contributed by atoms with E-state index in [0.717, 1.165) is 16.7 Å². The quantitative estimate of drug-likeness (QED) is 0.511. The number of rotatable bonds is 5. The molecule has 1 saturated heterocycles. The van der Waals surface area contributed by atoms with Gasteiger partial charge in [-0.2, -0.15) is 0 Å². The molecule has 0 aromatic heterocycles. The molecule has 2 aromatic rings. The van der Waals surface area contributed by atoms with Crippen LogP contribution in [0.25, 0.3) is 0 Å². The summed E-state index contributed by atoms with van der Waals surface area (Å²) >= 11 is 6.41. The zero-order valence-corrected chi connectivity index (χ0v) is 19.1. The van der Waals surface area contributed by atoms with Crippen LogP contribution in [0.4, 0.5) is 0 Å². The molecule has 1 unspecified atom stereocenters. The van der Waals surface area contributed by atoms with Crippen molar-refractivity contribution >= 4 is 11.6 Å². The summed E-state index contributed by atoms with van der Waals surface area (Å²) in [5.41, 5.74) is 2.80. The summed E-state index contributed by atoms with van der Waals surface area (Å²) in [7, 11) is 1.62. The average Bonchev–Trinajstić information content (AvgIpc) is 2.79. The van der Waals surface area contributed by atoms with Crippen LogP contribution in [0.1, 0.15) is 42.2 Å². The molecule has 6 nitrogen and oxygen atoms in total. The highest BCUT2D eigenvalue weighted by atomic mass is 35.5. The van der Waals surface area contributed by atoms with Gasteiger partial charge in [-0.3, -0.25) is 0 Å². The second-order valence-electron chi connectivity index (χ2n) is 8.44. The average molecular weight is 461 g/mol. The number of hydrogen-bond donors (Lipinski definition) is 4. The van der Waals surface area contributed by atoms with Crippen LogP contribution in [0.5, 0.6) is 0 Å². The highest BCUT2D eigenvalue weighted by Gasteiger charge is 2.44. The fourth-order valence-corrected chi connectivity index (χ4v) is 3.67. The van der Waals surface area contributed by atoms with Crippen molar-refractivity contribution < 1.29 is 29.9 Å². The lowest BCUT2D eigenvalue weighted by Crippen LogP contribution is -2.55. The molecule has 7 heteroatoms. The molecule has 1 aliphatic rings. The Morgan fingerprint density at radius 1 is 1.03 bits per heavy atom. The third-order valence-corrected chi connectivity index (χ3v) is 6.03. The van der Waals surface area contributed by atoms with Crippen molar-refractivity contribution in [3.63, 3.8) is 0 Å². The van der Waals surface area contributed by atoms with Gasteiger partial charge in [-0.1, -0.05) is 47.7 Å². The summed E-state index contributed by atoms with van der Waals surface area (Å²) in [5.74, 6) is 6.18. The summed E-state index contributed by atoms with van der Waals surface area (Å²) in [5, 5.41) is 40.5. The molecule has 0 saturated carbocycles. The Bertz CT molecular complexity index is 976. The molecule has 0 spiro atoms. The number of aliphatic hydroxyl groups excluding tert-OH is 4. The van der Waals surface area contributed by atoms with Gasteiger partial charge in [-0.15, -0.1) is 0 Å². The van der Waals surface area contributed by atoms with E-state index in [-0.39, 0.29) is 0 Å². The molecule has 0 aliphatic carbocycles. The zero-order valence-electron chi connectivity index (χ0n) is 18.3. The monoisotopic (exact) mass is 460 g/mol. The summed E-state index contributed by atoms with van der Waals surface area (Å²) in [6.07, 6.45) is -5.48. The van der Waals surface area contributed by atoms with Gasteiger partial charge in [-0.25, -0.2) is 0 Å². The van der Waals surface area contributed by atoms with Crippen LogP contribution in [0.3, 0.4) is 0 Å². The van der Waals surface area contributed by atoms with E-state index in [1.165, 1.54) is 0 Å². The van der Waals surface area contributed by atoms with Gasteiger partial charge in [0.15, 0.2) is 0 Å². The van der Waals surface area contributed by atoms with Crippen LogP contribution in [0.15, 0.2) is 42.5 Å².